The Morgan fingerprint density at radius 3 is 2.55 bits per heavy atom. The highest BCUT2D eigenvalue weighted by molar-refractivity contribution is 5.94. The average Bonchev–Trinajstić information content (AvgIpc) is 3.10. The molecule has 0 radical (unpaired) electrons. The lowest BCUT2D eigenvalue weighted by molar-refractivity contribution is -0.224. The highest BCUT2D eigenvalue weighted by Crippen LogP contribution is 2.75. The molecule has 13 unspecified atom stereocenters. The summed E-state index contributed by atoms with van der Waals surface area (Å²) in [7, 11) is 0. The van der Waals surface area contributed by atoms with Gasteiger partial charge in [-0.1, -0.05) is 13.0 Å². The lowest BCUT2D eigenvalue weighted by Gasteiger charge is -2.53. The van der Waals surface area contributed by atoms with Crippen LogP contribution in [-0.2, 0) is 47.6 Å². The number of cyclic esters (lactones) is 1. The van der Waals surface area contributed by atoms with Gasteiger partial charge in [0.2, 0.25) is 0 Å². The fraction of sp³-hybridized carbons (Fsp3) is 0.758. The average molecular weight is 613 g/mol. The van der Waals surface area contributed by atoms with E-state index in [4.69, 9.17) is 28.4 Å². The SMILES string of the molecule is CC=C(C)C(=O)OC1CC2C(C)(C)OC3CC(=O)OC32CC2(O)CC(=O)C34OC(C5C=C(C)C(=O)O5)C(C)C3CC3OC34C12. The predicted molar refractivity (Wildman–Crippen MR) is 149 cm³/mol. The molecule has 11 heteroatoms. The topological polar surface area (TPSA) is 147 Å². The van der Waals surface area contributed by atoms with Crippen LogP contribution in [0.1, 0.15) is 73.6 Å². The number of rotatable bonds is 3. The van der Waals surface area contributed by atoms with Gasteiger partial charge in [0.25, 0.3) is 0 Å². The van der Waals surface area contributed by atoms with Crippen LogP contribution in [-0.4, -0.2) is 87.3 Å². The van der Waals surface area contributed by atoms with Gasteiger partial charge < -0.3 is 33.5 Å². The summed E-state index contributed by atoms with van der Waals surface area (Å²) in [4.78, 5) is 53.1. The van der Waals surface area contributed by atoms with Crippen molar-refractivity contribution >= 4 is 23.7 Å². The minimum atomic E-state index is -1.75. The Balaban J connectivity index is 1.26. The van der Waals surface area contributed by atoms with E-state index in [0.717, 1.165) is 0 Å². The van der Waals surface area contributed by atoms with Crippen LogP contribution in [0.15, 0.2) is 23.3 Å². The van der Waals surface area contributed by atoms with Crippen molar-refractivity contribution in [2.24, 2.45) is 23.7 Å². The summed E-state index contributed by atoms with van der Waals surface area (Å²) in [5.74, 6) is -3.32. The van der Waals surface area contributed by atoms with E-state index in [9.17, 15) is 24.3 Å². The molecule has 5 heterocycles. The standard InChI is InChI=1S/C33H40O11/c1-7-14(2)27(36)40-19-10-20-29(5,6)41-22-11-24(35)43-31(20,22)13-30(38)12-21(34)32-17(9-23-33(32,42-23)26(19)30)16(4)25(44-32)18-8-15(3)28(37)39-18/h7-8,16-20,22-23,25-26,38H,9-13H2,1-6H3. The van der Waals surface area contributed by atoms with Crippen molar-refractivity contribution in [3.63, 3.8) is 0 Å². The van der Waals surface area contributed by atoms with Crippen molar-refractivity contribution in [3.05, 3.63) is 23.3 Å². The normalized spacial score (nSPS) is 52.9. The molecule has 13 atom stereocenters. The molecular weight excluding hydrogens is 572 g/mol. The van der Waals surface area contributed by atoms with Crippen LogP contribution in [0.3, 0.4) is 0 Å². The van der Waals surface area contributed by atoms with Crippen LogP contribution in [0.25, 0.3) is 0 Å². The summed E-state index contributed by atoms with van der Waals surface area (Å²) < 4.78 is 37.9. The minimum absolute atomic E-state index is 0.0440. The van der Waals surface area contributed by atoms with E-state index in [0.29, 0.717) is 17.6 Å². The summed E-state index contributed by atoms with van der Waals surface area (Å²) in [6, 6.07) is 0. The second-order valence-corrected chi connectivity index (χ2v) is 15.0. The first-order chi connectivity index (χ1) is 20.6. The molecule has 7 fully saturated rings. The number of hydrogen-bond acceptors (Lipinski definition) is 11. The third-order valence-electron chi connectivity index (χ3n) is 12.5. The van der Waals surface area contributed by atoms with Crippen molar-refractivity contribution in [2.45, 2.75) is 132 Å². The first-order valence-electron chi connectivity index (χ1n) is 15.9. The number of epoxide rings is 1. The van der Waals surface area contributed by atoms with Gasteiger partial charge in [-0.05, 0) is 59.5 Å². The molecule has 3 spiro atoms. The van der Waals surface area contributed by atoms with E-state index in [1.165, 1.54) is 0 Å². The van der Waals surface area contributed by atoms with Gasteiger partial charge >= 0.3 is 17.9 Å². The number of carbonyl (C=O) groups is 4. The van der Waals surface area contributed by atoms with Crippen LogP contribution < -0.4 is 0 Å². The summed E-state index contributed by atoms with van der Waals surface area (Å²) in [6.45, 7) is 11.0. The third-order valence-corrected chi connectivity index (χ3v) is 12.5. The van der Waals surface area contributed by atoms with Gasteiger partial charge in [0.15, 0.2) is 11.4 Å². The molecule has 44 heavy (non-hydrogen) atoms. The zero-order chi connectivity index (χ0) is 31.4. The molecule has 1 N–H and O–H groups in total. The number of ether oxygens (including phenoxy) is 6. The monoisotopic (exact) mass is 612 g/mol. The van der Waals surface area contributed by atoms with Crippen molar-refractivity contribution < 1.29 is 52.7 Å². The number of hydrogen-bond donors (Lipinski definition) is 1. The molecule has 0 amide bonds. The molecule has 4 saturated heterocycles. The van der Waals surface area contributed by atoms with E-state index < -0.39 is 88.3 Å². The summed E-state index contributed by atoms with van der Waals surface area (Å²) in [5, 5.41) is 12.8. The van der Waals surface area contributed by atoms with Crippen LogP contribution >= 0.6 is 0 Å². The van der Waals surface area contributed by atoms with E-state index in [2.05, 4.69) is 0 Å². The molecule has 3 aliphatic carbocycles. The zero-order valence-corrected chi connectivity index (χ0v) is 25.9. The Bertz CT molecular complexity index is 1460. The van der Waals surface area contributed by atoms with Gasteiger partial charge in [0.05, 0.1) is 29.6 Å². The van der Waals surface area contributed by atoms with Gasteiger partial charge in [0.1, 0.15) is 35.6 Å². The molecule has 8 aliphatic rings. The van der Waals surface area contributed by atoms with Gasteiger partial charge in [-0.15, -0.1) is 0 Å². The molecule has 5 aliphatic heterocycles. The quantitative estimate of drug-likeness (QED) is 0.217. The molecule has 11 nitrogen and oxygen atoms in total. The third kappa shape index (κ3) is 3.26. The number of esters is 3. The second kappa shape index (κ2) is 8.60. The summed E-state index contributed by atoms with van der Waals surface area (Å²) in [5.41, 5.74) is -5.48. The van der Waals surface area contributed by atoms with Gasteiger partial charge in [-0.2, -0.15) is 0 Å². The maximum absolute atomic E-state index is 14.6. The molecule has 238 valence electrons. The van der Waals surface area contributed by atoms with E-state index in [1.54, 1.807) is 32.9 Å². The molecule has 0 bridgehead atoms. The van der Waals surface area contributed by atoms with Crippen molar-refractivity contribution in [2.75, 3.05) is 0 Å². The first-order valence-corrected chi connectivity index (χ1v) is 15.9. The Kier molecular flexibility index (Phi) is 5.64. The zero-order valence-electron chi connectivity index (χ0n) is 25.9. The Labute approximate surface area is 255 Å². The smallest absolute Gasteiger partial charge is 0.334 e. The molecule has 3 saturated carbocycles. The molecule has 0 aromatic rings. The van der Waals surface area contributed by atoms with Gasteiger partial charge in [-0.3, -0.25) is 9.59 Å². The van der Waals surface area contributed by atoms with Crippen molar-refractivity contribution in [1.82, 2.24) is 0 Å². The predicted octanol–water partition coefficient (Wildman–Crippen LogP) is 2.26. The molecular formula is C33H40O11. The maximum atomic E-state index is 14.6. The van der Waals surface area contributed by atoms with Crippen LogP contribution in [0.2, 0.25) is 0 Å². The lowest BCUT2D eigenvalue weighted by atomic mass is 9.56. The number of allylic oxidation sites excluding steroid dienone is 1. The van der Waals surface area contributed by atoms with Gasteiger partial charge in [-0.25, -0.2) is 9.59 Å². The first kappa shape index (κ1) is 28.8. The number of fused-ring (bicyclic) bond motifs is 1. The van der Waals surface area contributed by atoms with Crippen LogP contribution in [0.4, 0.5) is 0 Å². The number of carbonyl (C=O) groups excluding carboxylic acids is 4. The fourth-order valence-electron chi connectivity index (χ4n) is 10.7. The number of ketones is 1. The summed E-state index contributed by atoms with van der Waals surface area (Å²) in [6.07, 6.45) is 0.751. The van der Waals surface area contributed by atoms with Crippen LogP contribution in [0.5, 0.6) is 0 Å². The number of aliphatic hydroxyl groups is 1. The largest absolute Gasteiger partial charge is 0.458 e. The highest BCUT2D eigenvalue weighted by atomic mass is 16.7. The van der Waals surface area contributed by atoms with E-state index >= 15 is 0 Å². The maximum Gasteiger partial charge on any atom is 0.334 e. The second-order valence-electron chi connectivity index (χ2n) is 15.0. The molecule has 0 aromatic carbocycles. The van der Waals surface area contributed by atoms with Crippen LogP contribution in [0, 0.1) is 23.7 Å². The Hall–Kier alpha value is -2.60. The molecule has 8 rings (SSSR count). The highest BCUT2D eigenvalue weighted by Gasteiger charge is 2.92. The Morgan fingerprint density at radius 2 is 1.86 bits per heavy atom. The van der Waals surface area contributed by atoms with Crippen molar-refractivity contribution in [1.29, 1.82) is 0 Å². The lowest BCUT2D eigenvalue weighted by Crippen LogP contribution is -2.71. The van der Waals surface area contributed by atoms with E-state index in [-0.39, 0.29) is 43.3 Å². The Morgan fingerprint density at radius 1 is 1.11 bits per heavy atom. The molecule has 0 aromatic heterocycles. The van der Waals surface area contributed by atoms with Gasteiger partial charge in [0, 0.05) is 35.8 Å². The number of Topliss-reactive ketones (excluding diaryl/α,β-unsaturated/α-hetero) is 1. The van der Waals surface area contributed by atoms with Crippen molar-refractivity contribution in [3.8, 4) is 0 Å². The summed E-state index contributed by atoms with van der Waals surface area (Å²) >= 11 is 0. The fourth-order valence-corrected chi connectivity index (χ4v) is 10.7. The minimum Gasteiger partial charge on any atom is -0.458 e. The van der Waals surface area contributed by atoms with E-state index in [1.807, 2.05) is 20.8 Å².